The SMILES string of the molecule is CC(=O)O[C@H]1[C@H]2O[C@]23[C@@H]2C[C@H](O)[C@@H]4C[C@@H](O)CC[C@]4(C)[C@H]2CC[C@]3(C)[C@H]1c1ccc(=O)oc1. The Bertz CT molecular complexity index is 1020. The maximum Gasteiger partial charge on any atom is 0.335 e. The molecule has 1 saturated heterocycles. The van der Waals surface area contributed by atoms with E-state index in [0.29, 0.717) is 18.8 Å². The van der Waals surface area contributed by atoms with Crippen molar-refractivity contribution in [2.45, 2.75) is 95.2 Å². The van der Waals surface area contributed by atoms with E-state index in [1.807, 2.05) is 0 Å². The van der Waals surface area contributed by atoms with Crippen LogP contribution in [-0.2, 0) is 14.3 Å². The molecule has 1 aromatic heterocycles. The summed E-state index contributed by atoms with van der Waals surface area (Å²) in [5.41, 5.74) is -0.363. The largest absolute Gasteiger partial charge is 0.459 e. The first-order valence-corrected chi connectivity index (χ1v) is 12.4. The van der Waals surface area contributed by atoms with Gasteiger partial charge >= 0.3 is 11.6 Å². The lowest BCUT2D eigenvalue weighted by Crippen LogP contribution is -2.61. The van der Waals surface area contributed by atoms with Crippen molar-refractivity contribution in [3.8, 4) is 0 Å². The highest BCUT2D eigenvalue weighted by atomic mass is 16.7. The maximum atomic E-state index is 12.1. The van der Waals surface area contributed by atoms with E-state index in [-0.39, 0.29) is 46.8 Å². The first kappa shape index (κ1) is 21.8. The third kappa shape index (κ3) is 2.73. The third-order valence-corrected chi connectivity index (χ3v) is 10.5. The molecule has 180 valence electrons. The zero-order valence-corrected chi connectivity index (χ0v) is 19.5. The summed E-state index contributed by atoms with van der Waals surface area (Å²) in [6, 6.07) is 3.22. The summed E-state index contributed by atoms with van der Waals surface area (Å²) >= 11 is 0. The van der Waals surface area contributed by atoms with Crippen molar-refractivity contribution in [2.24, 2.45) is 28.6 Å². The molecule has 7 nitrogen and oxygen atoms in total. The molecule has 1 spiro atoms. The molecule has 2 heterocycles. The summed E-state index contributed by atoms with van der Waals surface area (Å²) in [7, 11) is 0. The molecule has 0 bridgehead atoms. The molecule has 11 atom stereocenters. The molecular weight excluding hydrogens is 424 g/mol. The van der Waals surface area contributed by atoms with Crippen LogP contribution in [0.1, 0.15) is 70.8 Å². The van der Waals surface area contributed by atoms with Crippen molar-refractivity contribution in [3.05, 3.63) is 34.4 Å². The van der Waals surface area contributed by atoms with E-state index >= 15 is 0 Å². The van der Waals surface area contributed by atoms with Crippen molar-refractivity contribution in [2.75, 3.05) is 0 Å². The van der Waals surface area contributed by atoms with Gasteiger partial charge in [0.15, 0.2) is 0 Å². The molecule has 4 aliphatic carbocycles. The smallest absolute Gasteiger partial charge is 0.335 e. The van der Waals surface area contributed by atoms with Gasteiger partial charge in [-0.1, -0.05) is 13.8 Å². The van der Waals surface area contributed by atoms with Crippen LogP contribution in [0.3, 0.4) is 0 Å². The molecule has 1 aromatic rings. The molecule has 0 radical (unpaired) electrons. The number of epoxide rings is 1. The lowest BCUT2D eigenvalue weighted by atomic mass is 9.43. The second-order valence-electron chi connectivity index (χ2n) is 11.8. The van der Waals surface area contributed by atoms with E-state index < -0.39 is 23.4 Å². The number of carbonyl (C=O) groups is 1. The Morgan fingerprint density at radius 3 is 2.58 bits per heavy atom. The fourth-order valence-corrected chi connectivity index (χ4v) is 9.13. The molecular formula is C26H34O7. The Hall–Kier alpha value is -1.70. The highest BCUT2D eigenvalue weighted by molar-refractivity contribution is 5.66. The number of fused-ring (bicyclic) bond motifs is 3. The van der Waals surface area contributed by atoms with Crippen molar-refractivity contribution >= 4 is 5.97 Å². The van der Waals surface area contributed by atoms with Crippen LogP contribution in [0.4, 0.5) is 0 Å². The number of aliphatic hydroxyl groups excluding tert-OH is 2. The van der Waals surface area contributed by atoms with Gasteiger partial charge in [0.05, 0.1) is 18.5 Å². The molecule has 0 aromatic carbocycles. The fourth-order valence-electron chi connectivity index (χ4n) is 9.13. The van der Waals surface area contributed by atoms with E-state index in [2.05, 4.69) is 13.8 Å². The third-order valence-electron chi connectivity index (χ3n) is 10.5. The van der Waals surface area contributed by atoms with Crippen LogP contribution in [0, 0.1) is 28.6 Å². The highest BCUT2D eigenvalue weighted by Gasteiger charge is 2.85. The Kier molecular flexibility index (Phi) is 4.57. The van der Waals surface area contributed by atoms with Gasteiger partial charge in [0, 0.05) is 24.3 Å². The van der Waals surface area contributed by atoms with Gasteiger partial charge in [0.1, 0.15) is 17.8 Å². The Balaban J connectivity index is 1.43. The van der Waals surface area contributed by atoms with Crippen LogP contribution < -0.4 is 5.63 Å². The normalized spacial score (nSPS) is 52.2. The van der Waals surface area contributed by atoms with E-state index in [1.54, 1.807) is 6.07 Å². The van der Waals surface area contributed by atoms with Crippen LogP contribution in [0.5, 0.6) is 0 Å². The number of ether oxygens (including phenoxy) is 2. The van der Waals surface area contributed by atoms with Gasteiger partial charge in [0.2, 0.25) is 0 Å². The van der Waals surface area contributed by atoms with Gasteiger partial charge in [-0.3, -0.25) is 4.79 Å². The van der Waals surface area contributed by atoms with Gasteiger partial charge in [0.25, 0.3) is 0 Å². The predicted octanol–water partition coefficient (Wildman–Crippen LogP) is 2.77. The molecule has 2 N–H and O–H groups in total. The zero-order chi connectivity index (χ0) is 23.3. The minimum atomic E-state index is -0.478. The minimum absolute atomic E-state index is 0.0390. The average Bonchev–Trinajstić information content (AvgIpc) is 3.46. The standard InChI is InChI=1S/C26H34O7/c1-13(27)32-22-21(14-4-5-20(30)31-12-14)25(3)9-7-16-17(26(25)23(22)33-26)11-19(29)18-10-15(28)6-8-24(16,18)2/h4-5,12,15-19,21-23,28-29H,6-11H2,1-3H3/t15-,16-,17+,18-,19-,21-,22+,23+,24+,25+,26+/m0/s1. The van der Waals surface area contributed by atoms with Crippen molar-refractivity contribution in [1.29, 1.82) is 0 Å². The van der Waals surface area contributed by atoms with E-state index in [4.69, 9.17) is 13.9 Å². The minimum Gasteiger partial charge on any atom is -0.459 e. The van der Waals surface area contributed by atoms with Crippen LogP contribution in [0.2, 0.25) is 0 Å². The molecule has 5 fully saturated rings. The molecule has 0 unspecified atom stereocenters. The number of carbonyl (C=O) groups excluding carboxylic acids is 1. The number of hydrogen-bond acceptors (Lipinski definition) is 7. The number of aliphatic hydroxyl groups is 2. The lowest BCUT2D eigenvalue weighted by molar-refractivity contribution is -0.182. The van der Waals surface area contributed by atoms with Gasteiger partial charge in [-0.2, -0.15) is 0 Å². The average molecular weight is 459 g/mol. The topological polar surface area (TPSA) is 110 Å². The predicted molar refractivity (Wildman–Crippen MR) is 117 cm³/mol. The van der Waals surface area contributed by atoms with Crippen LogP contribution >= 0.6 is 0 Å². The maximum absolute atomic E-state index is 12.1. The summed E-state index contributed by atoms with van der Waals surface area (Å²) in [6.07, 6.45) is 4.94. The fraction of sp³-hybridized carbons (Fsp3) is 0.769. The van der Waals surface area contributed by atoms with Gasteiger partial charge in [-0.15, -0.1) is 0 Å². The van der Waals surface area contributed by atoms with Gasteiger partial charge in [-0.05, 0) is 73.3 Å². The molecule has 4 saturated carbocycles. The molecule has 5 aliphatic rings. The van der Waals surface area contributed by atoms with Crippen molar-refractivity contribution in [3.63, 3.8) is 0 Å². The van der Waals surface area contributed by atoms with Crippen LogP contribution in [-0.4, -0.2) is 46.2 Å². The Morgan fingerprint density at radius 1 is 1.09 bits per heavy atom. The number of rotatable bonds is 2. The molecule has 0 amide bonds. The summed E-state index contributed by atoms with van der Waals surface area (Å²) in [5.74, 6) is 0.170. The van der Waals surface area contributed by atoms with E-state index in [9.17, 15) is 19.8 Å². The first-order valence-electron chi connectivity index (χ1n) is 12.4. The lowest BCUT2D eigenvalue weighted by Gasteiger charge is -2.62. The van der Waals surface area contributed by atoms with Gasteiger partial charge < -0.3 is 24.1 Å². The summed E-state index contributed by atoms with van der Waals surface area (Å²) < 4.78 is 17.7. The zero-order valence-electron chi connectivity index (χ0n) is 19.5. The second kappa shape index (κ2) is 6.92. The molecule has 6 rings (SSSR count). The van der Waals surface area contributed by atoms with Crippen LogP contribution in [0.25, 0.3) is 0 Å². The van der Waals surface area contributed by atoms with Crippen molar-refractivity contribution in [1.82, 2.24) is 0 Å². The summed E-state index contributed by atoms with van der Waals surface area (Å²) in [6.45, 7) is 5.96. The summed E-state index contributed by atoms with van der Waals surface area (Å²) in [5, 5.41) is 21.6. The quantitative estimate of drug-likeness (QED) is 0.518. The van der Waals surface area contributed by atoms with E-state index in [1.165, 1.54) is 19.3 Å². The molecule has 33 heavy (non-hydrogen) atoms. The second-order valence-corrected chi connectivity index (χ2v) is 11.8. The Labute approximate surface area is 193 Å². The number of hydrogen-bond donors (Lipinski definition) is 2. The molecule has 1 aliphatic heterocycles. The highest BCUT2D eigenvalue weighted by Crippen LogP contribution is 2.78. The molecule has 7 heteroatoms. The van der Waals surface area contributed by atoms with Crippen LogP contribution in [0.15, 0.2) is 27.6 Å². The van der Waals surface area contributed by atoms with E-state index in [0.717, 1.165) is 31.2 Å². The monoisotopic (exact) mass is 458 g/mol. The van der Waals surface area contributed by atoms with Crippen molar-refractivity contribution < 1.29 is 28.9 Å². The Morgan fingerprint density at radius 2 is 1.88 bits per heavy atom. The number of esters is 1. The first-order chi connectivity index (χ1) is 15.6. The summed E-state index contributed by atoms with van der Waals surface area (Å²) in [4.78, 5) is 23.7. The van der Waals surface area contributed by atoms with Gasteiger partial charge in [-0.25, -0.2) is 4.79 Å².